The molecule has 1 saturated carbocycles. The van der Waals surface area contributed by atoms with E-state index in [2.05, 4.69) is 20.8 Å². The molecule has 1 aliphatic carbocycles. The van der Waals surface area contributed by atoms with Crippen molar-refractivity contribution in [2.45, 2.75) is 78.0 Å². The number of rotatable bonds is 4. The normalized spacial score (nSPS) is 39.5. The maximum Gasteiger partial charge on any atom is 0.310 e. The van der Waals surface area contributed by atoms with Crippen LogP contribution in [0.3, 0.4) is 0 Å². The quantitative estimate of drug-likeness (QED) is 0.726. The van der Waals surface area contributed by atoms with Crippen molar-refractivity contribution in [3.05, 3.63) is 29.6 Å². The van der Waals surface area contributed by atoms with Gasteiger partial charge in [-0.1, -0.05) is 26.3 Å². The van der Waals surface area contributed by atoms with Crippen LogP contribution in [0, 0.1) is 35.4 Å². The molecule has 0 aromatic heterocycles. The van der Waals surface area contributed by atoms with Crippen LogP contribution in [-0.2, 0) is 14.3 Å². The Morgan fingerprint density at radius 2 is 1.87 bits per heavy atom. The average molecular weight is 421 g/mol. The van der Waals surface area contributed by atoms with Crippen molar-refractivity contribution in [2.75, 3.05) is 0 Å². The van der Waals surface area contributed by atoms with Crippen molar-refractivity contribution < 1.29 is 28.5 Å². The lowest BCUT2D eigenvalue weighted by Gasteiger charge is -2.51. The number of hydrogen-bond donors (Lipinski definition) is 1. The van der Waals surface area contributed by atoms with Gasteiger partial charge >= 0.3 is 5.97 Å². The van der Waals surface area contributed by atoms with Gasteiger partial charge in [0.1, 0.15) is 0 Å². The summed E-state index contributed by atoms with van der Waals surface area (Å²) in [5, 5.41) is 9.16. The van der Waals surface area contributed by atoms with Crippen LogP contribution in [0.25, 0.3) is 0 Å². The summed E-state index contributed by atoms with van der Waals surface area (Å²) in [6, 6.07) is 4.36. The van der Waals surface area contributed by atoms with Crippen molar-refractivity contribution in [1.29, 1.82) is 0 Å². The highest BCUT2D eigenvalue weighted by atomic mass is 19.1. The van der Waals surface area contributed by atoms with E-state index < -0.39 is 24.0 Å². The largest absolute Gasteiger partial charge is 0.481 e. The fraction of sp³-hybridized carbons (Fsp3) is 0.708. The highest BCUT2D eigenvalue weighted by molar-refractivity contribution is 5.75. The molecular weight excluding hydrogens is 387 g/mol. The maximum absolute atomic E-state index is 14.7. The summed E-state index contributed by atoms with van der Waals surface area (Å²) in [6.07, 6.45) is 3.73. The summed E-state index contributed by atoms with van der Waals surface area (Å²) in [5.74, 6) is -0.0760. The molecule has 2 saturated heterocycles. The molecule has 1 aromatic carbocycles. The van der Waals surface area contributed by atoms with Crippen molar-refractivity contribution >= 4 is 5.97 Å². The highest BCUT2D eigenvalue weighted by Crippen LogP contribution is 2.52. The lowest BCUT2D eigenvalue weighted by molar-refractivity contribution is -0.315. The van der Waals surface area contributed by atoms with Crippen LogP contribution in [0.15, 0.2) is 18.2 Å². The predicted octanol–water partition coefficient (Wildman–Crippen LogP) is 5.19. The van der Waals surface area contributed by atoms with Crippen molar-refractivity contribution in [3.8, 4) is 5.75 Å². The molecule has 166 valence electrons. The highest BCUT2D eigenvalue weighted by Gasteiger charge is 2.52. The SMILES string of the molecule is CC1CC[C@@H]2C3[C@@H](O1)O[C@H](Oc1ccc([C@@H](C)C(=O)O)cc1F)[C@H](C)[C@@H]3CC[C@H]2C. The van der Waals surface area contributed by atoms with E-state index >= 15 is 0 Å². The molecule has 30 heavy (non-hydrogen) atoms. The second-order valence-corrected chi connectivity index (χ2v) is 9.58. The first-order chi connectivity index (χ1) is 14.3. The van der Waals surface area contributed by atoms with Gasteiger partial charge in [0.15, 0.2) is 17.9 Å². The van der Waals surface area contributed by atoms with Crippen molar-refractivity contribution in [3.63, 3.8) is 0 Å². The summed E-state index contributed by atoms with van der Waals surface area (Å²) in [4.78, 5) is 11.2. The molecule has 6 heteroatoms. The molecule has 0 spiro atoms. The minimum absolute atomic E-state index is 0.0917. The Balaban J connectivity index is 1.55. The Morgan fingerprint density at radius 3 is 2.57 bits per heavy atom. The van der Waals surface area contributed by atoms with Crippen LogP contribution in [0.1, 0.15) is 64.9 Å². The van der Waals surface area contributed by atoms with E-state index in [0.717, 1.165) is 12.8 Å². The van der Waals surface area contributed by atoms with Crippen molar-refractivity contribution in [1.82, 2.24) is 0 Å². The number of carboxylic acid groups (broad SMARTS) is 1. The van der Waals surface area contributed by atoms with Gasteiger partial charge < -0.3 is 19.3 Å². The number of hydrogen-bond acceptors (Lipinski definition) is 4. The summed E-state index contributed by atoms with van der Waals surface area (Å²) in [6.45, 7) is 8.10. The number of halogens is 1. The Kier molecular flexibility index (Phi) is 6.08. The fourth-order valence-corrected chi connectivity index (χ4v) is 5.73. The first kappa shape index (κ1) is 21.6. The molecule has 2 unspecified atom stereocenters. The molecule has 5 nitrogen and oxygen atoms in total. The molecule has 3 aliphatic rings. The second kappa shape index (κ2) is 8.46. The number of benzene rings is 1. The Morgan fingerprint density at radius 1 is 1.13 bits per heavy atom. The average Bonchev–Trinajstić information content (AvgIpc) is 2.87. The Labute approximate surface area is 177 Å². The zero-order valence-corrected chi connectivity index (χ0v) is 18.2. The molecule has 0 bridgehead atoms. The van der Waals surface area contributed by atoms with E-state index in [1.165, 1.54) is 31.9 Å². The van der Waals surface area contributed by atoms with Gasteiger partial charge in [0.2, 0.25) is 6.29 Å². The van der Waals surface area contributed by atoms with Gasteiger partial charge in [-0.15, -0.1) is 0 Å². The summed E-state index contributed by atoms with van der Waals surface area (Å²) >= 11 is 0. The summed E-state index contributed by atoms with van der Waals surface area (Å²) < 4.78 is 33.3. The zero-order chi connectivity index (χ0) is 21.6. The third-order valence-corrected chi connectivity index (χ3v) is 7.70. The van der Waals surface area contributed by atoms with E-state index in [9.17, 15) is 9.18 Å². The predicted molar refractivity (Wildman–Crippen MR) is 110 cm³/mol. The standard InChI is InChI=1S/C24H33FO5/c1-12-5-8-18-15(4)23(30-24-21(18)17(12)9-6-13(2)28-24)29-20-10-7-16(11-19(20)25)14(3)22(26)27/h7,10-15,17-18,21,23-24H,5-6,8-9H2,1-4H3,(H,26,27)/t12-,13?,14-,15-,17+,18+,21?,23+,24+/m1/s1. The number of carboxylic acids is 1. The molecule has 4 rings (SSSR count). The van der Waals surface area contributed by atoms with Crippen LogP contribution in [0.2, 0.25) is 0 Å². The van der Waals surface area contributed by atoms with Gasteiger partial charge in [0.05, 0.1) is 12.0 Å². The molecule has 1 aromatic rings. The summed E-state index contributed by atoms with van der Waals surface area (Å²) in [5.41, 5.74) is 0.412. The van der Waals surface area contributed by atoms with Crippen LogP contribution in [0.5, 0.6) is 5.75 Å². The monoisotopic (exact) mass is 420 g/mol. The smallest absolute Gasteiger partial charge is 0.310 e. The Hall–Kier alpha value is -1.66. The fourth-order valence-electron chi connectivity index (χ4n) is 5.73. The zero-order valence-electron chi connectivity index (χ0n) is 18.2. The van der Waals surface area contributed by atoms with Crippen LogP contribution in [-0.4, -0.2) is 29.8 Å². The Bertz CT molecular complexity index is 783. The third kappa shape index (κ3) is 3.96. The van der Waals surface area contributed by atoms with E-state index in [-0.39, 0.29) is 24.1 Å². The maximum atomic E-state index is 14.7. The molecule has 9 atom stereocenters. The first-order valence-electron chi connectivity index (χ1n) is 11.3. The second-order valence-electron chi connectivity index (χ2n) is 9.58. The van der Waals surface area contributed by atoms with Gasteiger partial charge in [-0.25, -0.2) is 4.39 Å². The number of carbonyl (C=O) groups is 1. The van der Waals surface area contributed by atoms with E-state index in [0.29, 0.717) is 29.2 Å². The first-order valence-corrected chi connectivity index (χ1v) is 11.3. The molecule has 2 aliphatic heterocycles. The molecule has 3 fully saturated rings. The van der Waals surface area contributed by atoms with Crippen LogP contribution >= 0.6 is 0 Å². The number of ether oxygens (including phenoxy) is 3. The van der Waals surface area contributed by atoms with Gasteiger partial charge in [0.25, 0.3) is 0 Å². The molecule has 2 heterocycles. The summed E-state index contributed by atoms with van der Waals surface area (Å²) in [7, 11) is 0. The van der Waals surface area contributed by atoms with Crippen LogP contribution in [0.4, 0.5) is 4.39 Å². The minimum atomic E-state index is -0.987. The van der Waals surface area contributed by atoms with Gasteiger partial charge in [-0.3, -0.25) is 4.79 Å². The minimum Gasteiger partial charge on any atom is -0.481 e. The molecular formula is C24H33FO5. The van der Waals surface area contributed by atoms with Crippen molar-refractivity contribution in [2.24, 2.45) is 29.6 Å². The van der Waals surface area contributed by atoms with E-state index in [4.69, 9.17) is 19.3 Å². The van der Waals surface area contributed by atoms with Crippen LogP contribution < -0.4 is 4.74 Å². The van der Waals surface area contributed by atoms with Gasteiger partial charge in [-0.2, -0.15) is 0 Å². The molecule has 0 amide bonds. The lowest BCUT2D eigenvalue weighted by atomic mass is 9.61. The van der Waals surface area contributed by atoms with E-state index in [1.54, 1.807) is 6.07 Å². The van der Waals surface area contributed by atoms with Gasteiger partial charge in [-0.05, 0) is 68.6 Å². The van der Waals surface area contributed by atoms with Gasteiger partial charge in [0, 0.05) is 11.8 Å². The van der Waals surface area contributed by atoms with E-state index in [1.807, 2.05) is 0 Å². The molecule has 1 N–H and O–H groups in total. The third-order valence-electron chi connectivity index (χ3n) is 7.70. The lowest BCUT2D eigenvalue weighted by Crippen LogP contribution is -2.54. The molecule has 0 radical (unpaired) electrons. The topological polar surface area (TPSA) is 65.0 Å². The number of aliphatic carboxylic acids is 1.